The van der Waals surface area contributed by atoms with Gasteiger partial charge in [-0.05, 0) is 60.7 Å². The minimum atomic E-state index is -0.157. The standard InChI is InChI=1S/C23H27N5O2S.C17H21N3O2.C7H11NOS.CH4/c1-23(2,3)20-17(13-15-9-11-19(31-15)27(4)5)22-25-24-21(28(22)26-20)16-10-8-14(29-6)12-18(16)30-7;1-17(2,3)15-8-11-10-18-16(20(11)19-15)13-7-6-12(21-4)9-14(13)22-5;1-8(2)6-4-5-7(9-3)10-6;/h8-13H,1-7H3;6-9H,10H2,1-5H3;4-5H,1-3H3;1H4/b17-13-;;;/i;;;1D. The summed E-state index contributed by atoms with van der Waals surface area (Å²) in [6, 6.07) is 21.8. The zero-order chi connectivity index (χ0) is 47.8. The molecular formula is C48H63N9O5S2. The van der Waals surface area contributed by atoms with Crippen molar-refractivity contribution >= 4 is 50.2 Å². The predicted octanol–water partition coefficient (Wildman–Crippen LogP) is 9.25. The van der Waals surface area contributed by atoms with Gasteiger partial charge in [-0.25, -0.2) is 4.68 Å². The number of fused-ring (bicyclic) bond motifs is 2. The molecule has 0 unspecified atom stereocenters. The molecule has 0 bridgehead atoms. The molecule has 0 fully saturated rings. The Bertz CT molecular complexity index is 2760. The second-order valence-corrected chi connectivity index (χ2v) is 19.3. The van der Waals surface area contributed by atoms with Gasteiger partial charge in [0, 0.05) is 62.6 Å². The molecule has 5 aromatic heterocycles. The molecule has 2 aromatic carbocycles. The number of hydrogen-bond donors (Lipinski definition) is 0. The molecule has 1 aliphatic heterocycles. The van der Waals surface area contributed by atoms with Crippen LogP contribution >= 0.6 is 22.7 Å². The Hall–Kier alpha value is -6.13. The van der Waals surface area contributed by atoms with E-state index in [0.29, 0.717) is 18.1 Å². The Labute approximate surface area is 387 Å². The van der Waals surface area contributed by atoms with Gasteiger partial charge in [-0.2, -0.15) is 14.7 Å². The summed E-state index contributed by atoms with van der Waals surface area (Å²) in [7, 11) is 17.6. The largest absolute Gasteiger partial charge is 0.497 e. The molecule has 1 aliphatic rings. The lowest BCUT2D eigenvalue weighted by molar-refractivity contribution is 0.393. The fourth-order valence-electron chi connectivity index (χ4n) is 6.59. The minimum absolute atomic E-state index is 0.0203. The third-order valence-corrected chi connectivity index (χ3v) is 12.5. The second kappa shape index (κ2) is 20.1. The van der Waals surface area contributed by atoms with Gasteiger partial charge < -0.3 is 33.5 Å². The average molecular weight is 911 g/mol. The molecule has 6 heterocycles. The maximum Gasteiger partial charge on any atom is 0.189 e. The molecule has 0 saturated carbocycles. The molecule has 0 atom stereocenters. The summed E-state index contributed by atoms with van der Waals surface area (Å²) in [5.41, 5.74) is 5.49. The van der Waals surface area contributed by atoms with Crippen LogP contribution in [0.15, 0.2) is 71.7 Å². The monoisotopic (exact) mass is 910 g/mol. The fourth-order valence-corrected chi connectivity index (χ4v) is 8.21. The van der Waals surface area contributed by atoms with E-state index >= 15 is 0 Å². The average Bonchev–Trinajstić information content (AvgIpc) is 4.15. The van der Waals surface area contributed by atoms with Crippen molar-refractivity contribution in [3.8, 4) is 39.4 Å². The molecule has 64 heavy (non-hydrogen) atoms. The molecule has 0 N–H and O–H groups in total. The van der Waals surface area contributed by atoms with Gasteiger partial charge in [0.25, 0.3) is 0 Å². The van der Waals surface area contributed by atoms with Gasteiger partial charge in [0.15, 0.2) is 22.4 Å². The van der Waals surface area contributed by atoms with Crippen LogP contribution in [0.3, 0.4) is 0 Å². The van der Waals surface area contributed by atoms with Gasteiger partial charge in [-0.15, -0.1) is 21.5 Å². The van der Waals surface area contributed by atoms with Crippen LogP contribution in [-0.2, 0) is 17.4 Å². The number of benzene rings is 2. The molecule has 16 heteroatoms. The van der Waals surface area contributed by atoms with Crippen LogP contribution in [0, 0.1) is 0 Å². The van der Waals surface area contributed by atoms with Gasteiger partial charge in [0.05, 0.1) is 80.3 Å². The van der Waals surface area contributed by atoms with Crippen LogP contribution < -0.4 is 38.7 Å². The van der Waals surface area contributed by atoms with E-state index in [1.807, 2.05) is 85.9 Å². The molecule has 342 valence electrons. The first-order valence-corrected chi connectivity index (χ1v) is 22.0. The zero-order valence-corrected chi connectivity index (χ0v) is 41.7. The van der Waals surface area contributed by atoms with Crippen molar-refractivity contribution in [3.63, 3.8) is 0 Å². The first-order valence-electron chi connectivity index (χ1n) is 21.3. The number of hydrogen-bond acceptors (Lipinski definition) is 14. The van der Waals surface area contributed by atoms with E-state index in [0.717, 1.165) is 72.1 Å². The molecule has 0 radical (unpaired) electrons. The highest BCUT2D eigenvalue weighted by Gasteiger charge is 2.27. The van der Waals surface area contributed by atoms with Crippen molar-refractivity contribution in [1.82, 2.24) is 29.6 Å². The van der Waals surface area contributed by atoms with Crippen LogP contribution in [0.25, 0.3) is 23.1 Å². The number of aliphatic imine (C=N–C) groups is 1. The van der Waals surface area contributed by atoms with Crippen LogP contribution in [0.2, 0.25) is 0 Å². The highest BCUT2D eigenvalue weighted by atomic mass is 32.1. The zero-order valence-electron chi connectivity index (χ0n) is 41.0. The first kappa shape index (κ1) is 47.4. The topological polar surface area (TPSA) is 126 Å². The van der Waals surface area contributed by atoms with Crippen molar-refractivity contribution in [2.45, 2.75) is 66.3 Å². The molecule has 0 aliphatic carbocycles. The first-order chi connectivity index (χ1) is 30.9. The van der Waals surface area contributed by atoms with Crippen LogP contribution in [0.5, 0.6) is 28.1 Å². The van der Waals surface area contributed by atoms with E-state index in [1.165, 1.54) is 17.4 Å². The Balaban J connectivity index is 0.000000202. The summed E-state index contributed by atoms with van der Waals surface area (Å²) in [6.45, 7) is 13.6. The van der Waals surface area contributed by atoms with E-state index in [9.17, 15) is 0 Å². The number of methoxy groups -OCH3 is 5. The highest BCUT2D eigenvalue weighted by Crippen LogP contribution is 2.34. The quantitative estimate of drug-likeness (QED) is 0.130. The van der Waals surface area contributed by atoms with Gasteiger partial charge in [0.2, 0.25) is 0 Å². The number of nitrogens with zero attached hydrogens (tertiary/aromatic N) is 9. The Morgan fingerprint density at radius 1 is 0.672 bits per heavy atom. The smallest absolute Gasteiger partial charge is 0.189 e. The molecular weight excluding hydrogens is 847 g/mol. The lowest BCUT2D eigenvalue weighted by Gasteiger charge is -2.15. The summed E-state index contributed by atoms with van der Waals surface area (Å²) in [4.78, 5) is 9.94. The van der Waals surface area contributed by atoms with Crippen LogP contribution in [-0.4, -0.2) is 99.2 Å². The number of thiophene rings is 2. The second-order valence-electron chi connectivity index (χ2n) is 17.1. The van der Waals surface area contributed by atoms with Crippen molar-refractivity contribution in [1.29, 1.82) is 0 Å². The number of rotatable bonds is 10. The van der Waals surface area contributed by atoms with E-state index in [-0.39, 0.29) is 10.8 Å². The van der Waals surface area contributed by atoms with Crippen molar-refractivity contribution in [2.24, 2.45) is 4.99 Å². The van der Waals surface area contributed by atoms with E-state index < -0.39 is 0 Å². The highest BCUT2D eigenvalue weighted by molar-refractivity contribution is 7.17. The van der Waals surface area contributed by atoms with E-state index in [1.54, 1.807) is 58.2 Å². The van der Waals surface area contributed by atoms with Gasteiger partial charge in [-0.1, -0.05) is 60.3 Å². The Morgan fingerprint density at radius 2 is 1.27 bits per heavy atom. The fraction of sp³-hybridized carbons (Fsp3) is 0.396. The lowest BCUT2D eigenvalue weighted by Crippen LogP contribution is -2.22. The SMILES string of the molecule is COc1ccc(-c2nnc3/c(=C\c4ccc(N(C)C)s4)c(C(C)(C)C)nn23)c(OC)c1.COc1ccc(C2=NCc3cc(C(C)(C)C)nn32)c(OC)c1.COc1ccc(N(C)C)s1.[2H]C. The Kier molecular flexibility index (Phi) is 14.9. The number of aromatic nitrogens is 6. The summed E-state index contributed by atoms with van der Waals surface area (Å²) in [6.07, 6.45) is 2.16. The van der Waals surface area contributed by atoms with Gasteiger partial charge in [-0.3, -0.25) is 4.99 Å². The van der Waals surface area contributed by atoms with Crippen LogP contribution in [0.4, 0.5) is 10.0 Å². The van der Waals surface area contributed by atoms with Gasteiger partial charge in [0.1, 0.15) is 23.0 Å². The summed E-state index contributed by atoms with van der Waals surface area (Å²) in [5.74, 6) is 4.34. The normalized spacial score (nSPS) is 12.4. The molecule has 0 spiro atoms. The minimum Gasteiger partial charge on any atom is -0.497 e. The van der Waals surface area contributed by atoms with Gasteiger partial charge >= 0.3 is 0 Å². The summed E-state index contributed by atoms with van der Waals surface area (Å²) in [5, 5.41) is 23.0. The summed E-state index contributed by atoms with van der Waals surface area (Å²) < 4.78 is 36.2. The third-order valence-electron chi connectivity index (χ3n) is 10.0. The number of ether oxygens (including phenoxy) is 5. The van der Waals surface area contributed by atoms with Crippen molar-refractivity contribution in [2.75, 3.05) is 73.5 Å². The van der Waals surface area contributed by atoms with Crippen molar-refractivity contribution in [3.05, 3.63) is 99.5 Å². The Morgan fingerprint density at radius 3 is 1.78 bits per heavy atom. The molecule has 8 rings (SSSR count). The van der Waals surface area contributed by atoms with E-state index in [4.69, 9.17) is 35.3 Å². The molecule has 7 aromatic rings. The maximum absolute atomic E-state index is 5.75. The van der Waals surface area contributed by atoms with Crippen molar-refractivity contribution < 1.29 is 25.1 Å². The molecule has 14 nitrogen and oxygen atoms in total. The summed E-state index contributed by atoms with van der Waals surface area (Å²) >= 11 is 3.38. The molecule has 0 amide bonds. The predicted molar refractivity (Wildman–Crippen MR) is 263 cm³/mol. The van der Waals surface area contributed by atoms with Crippen LogP contribution in [0.1, 0.15) is 77.8 Å². The number of anilines is 2. The molecule has 0 saturated heterocycles. The lowest BCUT2D eigenvalue weighted by atomic mass is 9.91. The van der Waals surface area contributed by atoms with E-state index in [2.05, 4.69) is 90.8 Å². The third kappa shape index (κ3) is 10.6. The maximum atomic E-state index is 5.75.